The molecule has 5 heteroatoms. The van der Waals surface area contributed by atoms with E-state index in [1.807, 2.05) is 17.8 Å². The molecule has 1 N–H and O–H groups in total. The number of carbonyl (C=O) groups excluding carboxylic acids is 1. The molecule has 3 nitrogen and oxygen atoms in total. The van der Waals surface area contributed by atoms with Crippen LogP contribution in [0.5, 0.6) is 0 Å². The number of hydrogen-bond donors (Lipinski definition) is 1. The highest BCUT2D eigenvalue weighted by Gasteiger charge is 2.13. The third kappa shape index (κ3) is 4.30. The topological polar surface area (TPSA) is 38.3 Å². The van der Waals surface area contributed by atoms with Gasteiger partial charge in [0.2, 0.25) is 0 Å². The highest BCUT2D eigenvalue weighted by Crippen LogP contribution is 2.20. The molecule has 1 aromatic rings. The molecular weight excluding hydrogens is 266 g/mol. The van der Waals surface area contributed by atoms with E-state index in [0.717, 1.165) is 11.4 Å². The van der Waals surface area contributed by atoms with Crippen molar-refractivity contribution in [2.45, 2.75) is 31.8 Å². The molecule has 18 heavy (non-hydrogen) atoms. The van der Waals surface area contributed by atoms with Crippen LogP contribution in [0.3, 0.4) is 0 Å². The Bertz CT molecular complexity index is 386. The largest absolute Gasteiger partial charge is 0.469 e. The molecule has 1 atom stereocenters. The highest BCUT2D eigenvalue weighted by molar-refractivity contribution is 7.99. The Hall–Kier alpha value is -0.520. The van der Waals surface area contributed by atoms with Crippen LogP contribution in [0.4, 0.5) is 0 Å². The summed E-state index contributed by atoms with van der Waals surface area (Å²) in [5.41, 5.74) is 0. The van der Waals surface area contributed by atoms with Crippen LogP contribution in [-0.2, 0) is 22.5 Å². The van der Waals surface area contributed by atoms with Crippen molar-refractivity contribution in [1.82, 2.24) is 5.32 Å². The number of carbonyl (C=O) groups is 1. The fraction of sp³-hybridized carbons (Fsp3) is 0.615. The molecule has 0 spiro atoms. The van der Waals surface area contributed by atoms with E-state index in [4.69, 9.17) is 0 Å². The second-order valence-corrected chi connectivity index (χ2v) is 6.82. The SMILES string of the molecule is COC(=O)Cc1ccc(CNC2CCCSC2)s1. The van der Waals surface area contributed by atoms with Crippen molar-refractivity contribution in [3.05, 3.63) is 21.9 Å². The van der Waals surface area contributed by atoms with E-state index in [0.29, 0.717) is 12.5 Å². The summed E-state index contributed by atoms with van der Waals surface area (Å²) in [5.74, 6) is 2.36. The van der Waals surface area contributed by atoms with Crippen molar-refractivity contribution in [1.29, 1.82) is 0 Å². The van der Waals surface area contributed by atoms with E-state index in [2.05, 4.69) is 16.1 Å². The monoisotopic (exact) mass is 285 g/mol. The van der Waals surface area contributed by atoms with Crippen molar-refractivity contribution >= 4 is 29.1 Å². The highest BCUT2D eigenvalue weighted by atomic mass is 32.2. The lowest BCUT2D eigenvalue weighted by Gasteiger charge is -2.22. The van der Waals surface area contributed by atoms with Gasteiger partial charge in [-0.1, -0.05) is 0 Å². The predicted octanol–water partition coefficient (Wildman–Crippen LogP) is 2.45. The Labute approximate surface area is 116 Å². The molecule has 1 fully saturated rings. The minimum absolute atomic E-state index is 0.167. The molecule has 2 heterocycles. The molecule has 1 unspecified atom stereocenters. The molecule has 1 aliphatic rings. The van der Waals surface area contributed by atoms with Gasteiger partial charge in [0.1, 0.15) is 0 Å². The van der Waals surface area contributed by atoms with Gasteiger partial charge < -0.3 is 10.1 Å². The molecule has 0 amide bonds. The molecule has 0 aromatic carbocycles. The average molecular weight is 285 g/mol. The Balaban J connectivity index is 1.77. The van der Waals surface area contributed by atoms with E-state index >= 15 is 0 Å². The molecule has 100 valence electrons. The van der Waals surface area contributed by atoms with Crippen LogP contribution in [-0.4, -0.2) is 30.6 Å². The molecule has 1 aliphatic heterocycles. The van der Waals surface area contributed by atoms with E-state index < -0.39 is 0 Å². The van der Waals surface area contributed by atoms with Crippen LogP contribution in [0.2, 0.25) is 0 Å². The van der Waals surface area contributed by atoms with Gasteiger partial charge in [-0.3, -0.25) is 4.79 Å². The predicted molar refractivity (Wildman–Crippen MR) is 77.2 cm³/mol. The summed E-state index contributed by atoms with van der Waals surface area (Å²) in [6.07, 6.45) is 2.99. The zero-order chi connectivity index (χ0) is 12.8. The summed E-state index contributed by atoms with van der Waals surface area (Å²) in [6, 6.07) is 4.77. The summed E-state index contributed by atoms with van der Waals surface area (Å²) in [7, 11) is 1.43. The van der Waals surface area contributed by atoms with Crippen LogP contribution in [0.1, 0.15) is 22.6 Å². The summed E-state index contributed by atoms with van der Waals surface area (Å²) in [6.45, 7) is 0.914. The van der Waals surface area contributed by atoms with E-state index in [-0.39, 0.29) is 5.97 Å². The Morgan fingerprint density at radius 1 is 1.50 bits per heavy atom. The normalized spacial score (nSPS) is 19.7. The summed E-state index contributed by atoms with van der Waals surface area (Å²) in [5, 5.41) is 3.59. The third-order valence-electron chi connectivity index (χ3n) is 2.99. The van der Waals surface area contributed by atoms with E-state index in [1.165, 1.54) is 36.3 Å². The maximum Gasteiger partial charge on any atom is 0.310 e. The maximum absolute atomic E-state index is 11.2. The number of thiophene rings is 1. The molecule has 0 aliphatic carbocycles. The zero-order valence-electron chi connectivity index (χ0n) is 10.6. The Morgan fingerprint density at radius 2 is 2.33 bits per heavy atom. The minimum Gasteiger partial charge on any atom is -0.469 e. The van der Waals surface area contributed by atoms with Gasteiger partial charge in [0.05, 0.1) is 13.5 Å². The van der Waals surface area contributed by atoms with Crippen LogP contribution in [0, 0.1) is 0 Å². The van der Waals surface area contributed by atoms with E-state index in [9.17, 15) is 4.79 Å². The quantitative estimate of drug-likeness (QED) is 0.843. The van der Waals surface area contributed by atoms with Crippen LogP contribution >= 0.6 is 23.1 Å². The van der Waals surface area contributed by atoms with Crippen molar-refractivity contribution in [3.8, 4) is 0 Å². The number of hydrogen-bond acceptors (Lipinski definition) is 5. The van der Waals surface area contributed by atoms with Gasteiger partial charge >= 0.3 is 5.97 Å². The van der Waals surface area contributed by atoms with Gasteiger partial charge in [0.15, 0.2) is 0 Å². The second kappa shape index (κ2) is 7.16. The average Bonchev–Trinajstić information content (AvgIpc) is 2.85. The standard InChI is InChI=1S/C13H19NO2S2/c1-16-13(15)7-11-4-5-12(18-11)8-14-10-3-2-6-17-9-10/h4-5,10,14H,2-3,6-9H2,1H3. The van der Waals surface area contributed by atoms with Gasteiger partial charge in [-0.05, 0) is 30.7 Å². The van der Waals surface area contributed by atoms with Gasteiger partial charge in [-0.2, -0.15) is 11.8 Å². The van der Waals surface area contributed by atoms with E-state index in [1.54, 1.807) is 11.3 Å². The Morgan fingerprint density at radius 3 is 3.06 bits per heavy atom. The number of ether oxygens (including phenoxy) is 1. The van der Waals surface area contributed by atoms with Crippen molar-refractivity contribution in [3.63, 3.8) is 0 Å². The Kier molecular flexibility index (Phi) is 5.53. The first-order chi connectivity index (χ1) is 8.78. The smallest absolute Gasteiger partial charge is 0.310 e. The molecular formula is C13H19NO2S2. The molecule has 2 rings (SSSR count). The fourth-order valence-corrected chi connectivity index (χ4v) is 4.03. The molecule has 1 saturated heterocycles. The first-order valence-corrected chi connectivity index (χ1v) is 8.20. The maximum atomic E-state index is 11.2. The lowest BCUT2D eigenvalue weighted by molar-refractivity contribution is -0.139. The van der Waals surface area contributed by atoms with Crippen molar-refractivity contribution in [2.24, 2.45) is 0 Å². The molecule has 0 bridgehead atoms. The number of rotatable bonds is 5. The fourth-order valence-electron chi connectivity index (χ4n) is 1.97. The summed E-state index contributed by atoms with van der Waals surface area (Å²) >= 11 is 3.73. The van der Waals surface area contributed by atoms with Gasteiger partial charge in [0, 0.05) is 28.1 Å². The number of nitrogens with one attached hydrogen (secondary N) is 1. The summed E-state index contributed by atoms with van der Waals surface area (Å²) in [4.78, 5) is 13.5. The van der Waals surface area contributed by atoms with Gasteiger partial charge in [-0.25, -0.2) is 0 Å². The minimum atomic E-state index is -0.167. The first-order valence-electron chi connectivity index (χ1n) is 6.23. The lowest BCUT2D eigenvalue weighted by Crippen LogP contribution is -2.32. The molecule has 0 radical (unpaired) electrons. The zero-order valence-corrected chi connectivity index (χ0v) is 12.2. The molecule has 0 saturated carbocycles. The number of esters is 1. The molecule has 1 aromatic heterocycles. The van der Waals surface area contributed by atoms with Gasteiger partial charge in [0.25, 0.3) is 0 Å². The lowest BCUT2D eigenvalue weighted by atomic mass is 10.2. The summed E-state index contributed by atoms with van der Waals surface area (Å²) < 4.78 is 4.67. The van der Waals surface area contributed by atoms with Crippen LogP contribution in [0.15, 0.2) is 12.1 Å². The van der Waals surface area contributed by atoms with Gasteiger partial charge in [-0.15, -0.1) is 11.3 Å². The van der Waals surface area contributed by atoms with Crippen LogP contribution in [0.25, 0.3) is 0 Å². The van der Waals surface area contributed by atoms with Crippen molar-refractivity contribution in [2.75, 3.05) is 18.6 Å². The first kappa shape index (κ1) is 13.9. The van der Waals surface area contributed by atoms with Crippen molar-refractivity contribution < 1.29 is 9.53 Å². The number of thioether (sulfide) groups is 1. The van der Waals surface area contributed by atoms with Crippen LogP contribution < -0.4 is 5.32 Å². The number of methoxy groups -OCH3 is 1. The second-order valence-electron chi connectivity index (χ2n) is 4.42. The third-order valence-corrected chi connectivity index (χ3v) is 5.29.